The number of aromatic nitrogens is 3. The molecule has 6 nitrogen and oxygen atoms in total. The molecule has 1 fully saturated rings. The van der Waals surface area contributed by atoms with Crippen molar-refractivity contribution in [3.05, 3.63) is 65.3 Å². The van der Waals surface area contributed by atoms with Gasteiger partial charge in [-0.1, -0.05) is 17.7 Å². The highest BCUT2D eigenvalue weighted by atomic mass is 35.5. The van der Waals surface area contributed by atoms with Gasteiger partial charge in [0.25, 0.3) is 5.91 Å². The molecule has 3 aromatic heterocycles. The lowest BCUT2D eigenvalue weighted by Crippen LogP contribution is -2.45. The van der Waals surface area contributed by atoms with E-state index in [0.29, 0.717) is 17.4 Å². The maximum Gasteiger partial charge on any atom is 0.271 e. The summed E-state index contributed by atoms with van der Waals surface area (Å²) in [5.74, 6) is -0.167. The molecular formula is C20H22ClN5O. The molecule has 1 amide bonds. The van der Waals surface area contributed by atoms with Gasteiger partial charge in [0.2, 0.25) is 0 Å². The Balaban J connectivity index is 1.39. The van der Waals surface area contributed by atoms with Gasteiger partial charge in [-0.3, -0.25) is 19.1 Å². The van der Waals surface area contributed by atoms with Crippen LogP contribution in [0.25, 0.3) is 5.65 Å². The van der Waals surface area contributed by atoms with Crippen molar-refractivity contribution < 1.29 is 4.79 Å². The van der Waals surface area contributed by atoms with E-state index in [0.717, 1.165) is 25.9 Å². The van der Waals surface area contributed by atoms with E-state index in [2.05, 4.69) is 39.2 Å². The Morgan fingerprint density at radius 3 is 2.70 bits per heavy atom. The van der Waals surface area contributed by atoms with Gasteiger partial charge in [-0.05, 0) is 49.6 Å². The second-order valence-electron chi connectivity index (χ2n) is 6.92. The molecule has 4 heterocycles. The number of hydrogen-bond acceptors (Lipinski definition) is 4. The average molecular weight is 384 g/mol. The maximum atomic E-state index is 12.8. The van der Waals surface area contributed by atoms with Crippen LogP contribution < -0.4 is 5.32 Å². The molecule has 0 saturated carbocycles. The van der Waals surface area contributed by atoms with E-state index in [1.165, 1.54) is 5.56 Å². The highest BCUT2D eigenvalue weighted by Crippen LogP contribution is 2.24. The number of nitrogens with one attached hydrogen (secondary N) is 1. The van der Waals surface area contributed by atoms with E-state index >= 15 is 0 Å². The quantitative estimate of drug-likeness (QED) is 0.750. The van der Waals surface area contributed by atoms with Gasteiger partial charge in [-0.15, -0.1) is 0 Å². The molecule has 0 bridgehead atoms. The fourth-order valence-electron chi connectivity index (χ4n) is 3.71. The van der Waals surface area contributed by atoms with Crippen LogP contribution >= 0.6 is 11.6 Å². The first-order valence-electron chi connectivity index (χ1n) is 9.21. The molecule has 1 atom stereocenters. The number of pyridine rings is 2. The van der Waals surface area contributed by atoms with Crippen molar-refractivity contribution in [3.8, 4) is 0 Å². The number of imidazole rings is 1. The van der Waals surface area contributed by atoms with Gasteiger partial charge in [0.1, 0.15) is 5.65 Å². The minimum absolute atomic E-state index is 0.142. The van der Waals surface area contributed by atoms with Crippen molar-refractivity contribution in [1.29, 1.82) is 0 Å². The third-order valence-electron chi connectivity index (χ3n) is 5.30. The molecule has 1 N–H and O–H groups in total. The Morgan fingerprint density at radius 2 is 1.96 bits per heavy atom. The van der Waals surface area contributed by atoms with Gasteiger partial charge in [0.05, 0.1) is 0 Å². The monoisotopic (exact) mass is 383 g/mol. The minimum Gasteiger partial charge on any atom is -0.348 e. The van der Waals surface area contributed by atoms with Gasteiger partial charge in [0.15, 0.2) is 10.8 Å². The Morgan fingerprint density at radius 1 is 1.22 bits per heavy atom. The molecule has 0 radical (unpaired) electrons. The smallest absolute Gasteiger partial charge is 0.271 e. The Bertz CT molecular complexity index is 934. The highest BCUT2D eigenvalue weighted by molar-refractivity contribution is 6.32. The second kappa shape index (κ2) is 7.66. The number of piperidine rings is 1. The van der Waals surface area contributed by atoms with Crippen LogP contribution in [0.1, 0.15) is 41.9 Å². The first kappa shape index (κ1) is 17.9. The SMILES string of the molecule is C[C@@H](c1ccncc1)N1CCC(NC(=O)c2c(Cl)nc3ccccn23)CC1. The van der Waals surface area contributed by atoms with E-state index in [1.807, 2.05) is 36.8 Å². The summed E-state index contributed by atoms with van der Waals surface area (Å²) >= 11 is 6.21. The van der Waals surface area contributed by atoms with Crippen molar-refractivity contribution in [2.24, 2.45) is 0 Å². The number of halogens is 1. The summed E-state index contributed by atoms with van der Waals surface area (Å²) in [4.78, 5) is 23.5. The Hall–Kier alpha value is -2.44. The maximum absolute atomic E-state index is 12.8. The van der Waals surface area contributed by atoms with Crippen LogP contribution in [0.3, 0.4) is 0 Å². The van der Waals surface area contributed by atoms with Crippen LogP contribution in [0.15, 0.2) is 48.9 Å². The van der Waals surface area contributed by atoms with E-state index in [9.17, 15) is 4.79 Å². The van der Waals surface area contributed by atoms with Crippen molar-refractivity contribution in [3.63, 3.8) is 0 Å². The molecule has 0 aliphatic carbocycles. The Labute approximate surface area is 163 Å². The van der Waals surface area contributed by atoms with Gasteiger partial charge in [0, 0.05) is 43.8 Å². The molecule has 1 saturated heterocycles. The standard InChI is InChI=1S/C20H22ClN5O/c1-14(15-5-9-22-10-6-15)25-12-7-16(8-13-25)23-20(27)18-19(21)24-17-4-2-3-11-26(17)18/h2-6,9-11,14,16H,7-8,12-13H2,1H3,(H,23,27)/t14-/m0/s1. The average Bonchev–Trinajstić information content (AvgIpc) is 3.04. The molecule has 0 aromatic carbocycles. The van der Waals surface area contributed by atoms with Gasteiger partial charge >= 0.3 is 0 Å². The molecule has 140 valence electrons. The van der Waals surface area contributed by atoms with Crippen LogP contribution in [-0.2, 0) is 0 Å². The summed E-state index contributed by atoms with van der Waals surface area (Å²) in [7, 11) is 0. The molecule has 0 unspecified atom stereocenters. The zero-order valence-electron chi connectivity index (χ0n) is 15.2. The number of carbonyl (C=O) groups excluding carboxylic acids is 1. The van der Waals surface area contributed by atoms with Crippen molar-refractivity contribution in [2.75, 3.05) is 13.1 Å². The second-order valence-corrected chi connectivity index (χ2v) is 7.28. The molecular weight excluding hydrogens is 362 g/mol. The predicted molar refractivity (Wildman–Crippen MR) is 105 cm³/mol. The van der Waals surface area contributed by atoms with E-state index in [-0.39, 0.29) is 17.1 Å². The third-order valence-corrected chi connectivity index (χ3v) is 5.57. The molecule has 1 aliphatic rings. The van der Waals surface area contributed by atoms with Gasteiger partial charge in [-0.25, -0.2) is 4.98 Å². The summed E-state index contributed by atoms with van der Waals surface area (Å²) in [5, 5.41) is 3.37. The molecule has 4 rings (SSSR count). The van der Waals surface area contributed by atoms with Crippen LogP contribution in [0.5, 0.6) is 0 Å². The van der Waals surface area contributed by atoms with Crippen LogP contribution in [0.4, 0.5) is 0 Å². The first-order valence-corrected chi connectivity index (χ1v) is 9.58. The van der Waals surface area contributed by atoms with Crippen molar-refractivity contribution in [1.82, 2.24) is 24.6 Å². The van der Waals surface area contributed by atoms with Crippen molar-refractivity contribution in [2.45, 2.75) is 31.8 Å². The number of nitrogens with zero attached hydrogens (tertiary/aromatic N) is 4. The van der Waals surface area contributed by atoms with Crippen LogP contribution in [-0.4, -0.2) is 44.3 Å². The lowest BCUT2D eigenvalue weighted by Gasteiger charge is -2.36. The van der Waals surface area contributed by atoms with E-state index < -0.39 is 0 Å². The normalized spacial score (nSPS) is 17.1. The summed E-state index contributed by atoms with van der Waals surface area (Å²) in [6.45, 7) is 4.09. The number of carbonyl (C=O) groups is 1. The summed E-state index contributed by atoms with van der Waals surface area (Å²) < 4.78 is 1.73. The van der Waals surface area contributed by atoms with E-state index in [1.54, 1.807) is 4.40 Å². The zero-order chi connectivity index (χ0) is 18.8. The van der Waals surface area contributed by atoms with Crippen LogP contribution in [0, 0.1) is 0 Å². The highest BCUT2D eigenvalue weighted by Gasteiger charge is 2.26. The van der Waals surface area contributed by atoms with Crippen LogP contribution in [0.2, 0.25) is 5.15 Å². The number of hydrogen-bond donors (Lipinski definition) is 1. The molecule has 0 spiro atoms. The summed E-state index contributed by atoms with van der Waals surface area (Å²) in [5.41, 5.74) is 2.35. The summed E-state index contributed by atoms with van der Waals surface area (Å²) in [6.07, 6.45) is 7.30. The molecule has 27 heavy (non-hydrogen) atoms. The van der Waals surface area contributed by atoms with E-state index in [4.69, 9.17) is 11.6 Å². The molecule has 1 aliphatic heterocycles. The van der Waals surface area contributed by atoms with Crippen molar-refractivity contribution >= 4 is 23.2 Å². The zero-order valence-corrected chi connectivity index (χ0v) is 15.9. The third kappa shape index (κ3) is 3.68. The first-order chi connectivity index (χ1) is 13.1. The molecule has 7 heteroatoms. The topological polar surface area (TPSA) is 62.5 Å². The number of rotatable bonds is 4. The lowest BCUT2D eigenvalue weighted by atomic mass is 10.0. The number of fused-ring (bicyclic) bond motifs is 1. The summed E-state index contributed by atoms with van der Waals surface area (Å²) in [6, 6.07) is 10.2. The van der Waals surface area contributed by atoms with Gasteiger partial charge < -0.3 is 5.32 Å². The minimum atomic E-state index is -0.167. The predicted octanol–water partition coefficient (Wildman–Crippen LogP) is 3.34. The largest absolute Gasteiger partial charge is 0.348 e. The fraction of sp³-hybridized carbons (Fsp3) is 0.350. The fourth-order valence-corrected chi connectivity index (χ4v) is 3.97. The Kier molecular flexibility index (Phi) is 5.09. The number of likely N-dealkylation sites (tertiary alicyclic amines) is 1. The lowest BCUT2D eigenvalue weighted by molar-refractivity contribution is 0.0890. The molecule has 3 aromatic rings. The van der Waals surface area contributed by atoms with Gasteiger partial charge in [-0.2, -0.15) is 0 Å². The number of amides is 1.